The summed E-state index contributed by atoms with van der Waals surface area (Å²) in [6.07, 6.45) is -5.31. The minimum absolute atomic E-state index is 0.0309. The van der Waals surface area contributed by atoms with Gasteiger partial charge in [-0.1, -0.05) is 0 Å². The Balaban J connectivity index is 2.97. The van der Waals surface area contributed by atoms with E-state index < -0.39 is 39.8 Å². The summed E-state index contributed by atoms with van der Waals surface area (Å²) in [5.74, 6) is -2.16. The Hall–Kier alpha value is -2.24. The topological polar surface area (TPSA) is 115 Å². The molecule has 0 aliphatic carbocycles. The van der Waals surface area contributed by atoms with Crippen LogP contribution >= 0.6 is 15.9 Å². The van der Waals surface area contributed by atoms with Gasteiger partial charge in [-0.25, -0.2) is 0 Å². The highest BCUT2D eigenvalue weighted by Gasteiger charge is 2.38. The molecule has 0 bridgehead atoms. The molecule has 120 valence electrons. The summed E-state index contributed by atoms with van der Waals surface area (Å²) in [5, 5.41) is 23.1. The van der Waals surface area contributed by atoms with Crippen molar-refractivity contribution in [2.24, 2.45) is 0 Å². The van der Waals surface area contributed by atoms with Crippen molar-refractivity contribution in [1.82, 2.24) is 5.32 Å². The van der Waals surface area contributed by atoms with E-state index in [1.807, 2.05) is 0 Å². The lowest BCUT2D eigenvalue weighted by Crippen LogP contribution is -2.37. The van der Waals surface area contributed by atoms with Gasteiger partial charge in [0.05, 0.1) is 20.4 Å². The van der Waals surface area contributed by atoms with Crippen molar-refractivity contribution in [1.29, 1.82) is 0 Å². The second-order valence-electron chi connectivity index (χ2n) is 3.96. The minimum atomic E-state index is -5.05. The summed E-state index contributed by atoms with van der Waals surface area (Å²) in [5.41, 5.74) is -1.14. The maximum absolute atomic E-state index is 12.0. The van der Waals surface area contributed by atoms with Crippen LogP contribution < -0.4 is 5.32 Å². The van der Waals surface area contributed by atoms with Gasteiger partial charge in [-0.3, -0.25) is 25.0 Å². The zero-order chi connectivity index (χ0) is 17.1. The van der Waals surface area contributed by atoms with Crippen LogP contribution in [0.4, 0.5) is 24.5 Å². The highest BCUT2D eigenvalue weighted by Crippen LogP contribution is 2.33. The van der Waals surface area contributed by atoms with E-state index in [9.17, 15) is 38.2 Å². The van der Waals surface area contributed by atoms with Crippen LogP contribution in [0.25, 0.3) is 0 Å². The molecule has 0 radical (unpaired) electrons. The second kappa shape index (κ2) is 6.68. The fraction of sp³-hybridized carbons (Fsp3) is 0.300. The molecule has 1 N–H and O–H groups in total. The number of rotatable bonds is 5. The van der Waals surface area contributed by atoms with Crippen molar-refractivity contribution >= 4 is 33.2 Å². The first-order valence-electron chi connectivity index (χ1n) is 5.50. The Bertz CT molecular complexity index is 635. The number of alkyl halides is 3. The molecule has 0 heterocycles. The van der Waals surface area contributed by atoms with Gasteiger partial charge in [0.25, 0.3) is 11.4 Å². The first-order chi connectivity index (χ1) is 10.0. The molecule has 0 saturated carbocycles. The number of amides is 1. The van der Waals surface area contributed by atoms with Gasteiger partial charge in [0, 0.05) is 12.6 Å². The number of nitrogens with one attached hydrogen (secondary N) is 1. The number of nitro benzene ring substituents is 2. The molecular formula is C10H7BrF3N3O5. The molecule has 1 amide bonds. The van der Waals surface area contributed by atoms with E-state index in [4.69, 9.17) is 0 Å². The average Bonchev–Trinajstić information content (AvgIpc) is 2.38. The van der Waals surface area contributed by atoms with Crippen molar-refractivity contribution < 1.29 is 27.8 Å². The van der Waals surface area contributed by atoms with Gasteiger partial charge in [0.15, 0.2) is 0 Å². The molecule has 0 aliphatic rings. The number of non-ortho nitro benzene ring substituents is 1. The molecule has 0 fully saturated rings. The van der Waals surface area contributed by atoms with Gasteiger partial charge in [0.2, 0.25) is 0 Å². The second-order valence-corrected chi connectivity index (χ2v) is 4.75. The molecule has 0 spiro atoms. The summed E-state index contributed by atoms with van der Waals surface area (Å²) in [6.45, 7) is -0.491. The van der Waals surface area contributed by atoms with Gasteiger partial charge < -0.3 is 5.32 Å². The van der Waals surface area contributed by atoms with Crippen LogP contribution in [0.3, 0.4) is 0 Å². The predicted octanol–water partition coefficient (Wildman–Crippen LogP) is 2.49. The van der Waals surface area contributed by atoms with Crippen LogP contribution in [0.1, 0.15) is 5.56 Å². The third-order valence-electron chi connectivity index (χ3n) is 2.46. The molecule has 0 unspecified atom stereocenters. The van der Waals surface area contributed by atoms with Crippen LogP contribution in [0.15, 0.2) is 16.6 Å². The molecular weight excluding hydrogens is 379 g/mol. The maximum atomic E-state index is 12.0. The molecule has 0 aliphatic heterocycles. The van der Waals surface area contributed by atoms with Crippen LogP contribution in [-0.2, 0) is 11.2 Å². The third-order valence-corrected chi connectivity index (χ3v) is 3.37. The first-order valence-corrected chi connectivity index (χ1v) is 6.29. The molecule has 0 atom stereocenters. The van der Waals surface area contributed by atoms with Crippen molar-refractivity contribution in [3.05, 3.63) is 42.4 Å². The smallest absolute Gasteiger partial charge is 0.348 e. The number of halogens is 4. The monoisotopic (exact) mass is 385 g/mol. The van der Waals surface area contributed by atoms with E-state index in [1.54, 1.807) is 5.32 Å². The van der Waals surface area contributed by atoms with Gasteiger partial charge >= 0.3 is 12.1 Å². The molecule has 1 rings (SSSR count). The molecule has 22 heavy (non-hydrogen) atoms. The molecule has 8 nitrogen and oxygen atoms in total. The van der Waals surface area contributed by atoms with Crippen molar-refractivity contribution in [2.45, 2.75) is 12.6 Å². The van der Waals surface area contributed by atoms with Crippen LogP contribution in [0.5, 0.6) is 0 Å². The van der Waals surface area contributed by atoms with Crippen molar-refractivity contribution in [3.8, 4) is 0 Å². The SMILES string of the molecule is O=C(NCCc1cc([N+](=O)[O-])cc([N+](=O)[O-])c1Br)C(F)(F)F. The Morgan fingerprint density at radius 2 is 1.82 bits per heavy atom. The van der Waals surface area contributed by atoms with E-state index in [0.717, 1.165) is 12.1 Å². The normalized spacial score (nSPS) is 11.1. The first kappa shape index (κ1) is 17.8. The van der Waals surface area contributed by atoms with E-state index >= 15 is 0 Å². The summed E-state index contributed by atoms with van der Waals surface area (Å²) in [4.78, 5) is 30.4. The number of carbonyl (C=O) groups is 1. The van der Waals surface area contributed by atoms with E-state index in [2.05, 4.69) is 15.9 Å². The lowest BCUT2D eigenvalue weighted by atomic mass is 10.1. The fourth-order valence-electron chi connectivity index (χ4n) is 1.48. The Morgan fingerprint density at radius 3 is 2.27 bits per heavy atom. The highest BCUT2D eigenvalue weighted by atomic mass is 79.9. The van der Waals surface area contributed by atoms with E-state index in [-0.39, 0.29) is 16.5 Å². The summed E-state index contributed by atoms with van der Waals surface area (Å²) < 4.78 is 35.9. The highest BCUT2D eigenvalue weighted by molar-refractivity contribution is 9.10. The number of hydrogen-bond donors (Lipinski definition) is 1. The fourth-order valence-corrected chi connectivity index (χ4v) is 2.05. The van der Waals surface area contributed by atoms with Gasteiger partial charge in [-0.15, -0.1) is 0 Å². The lowest BCUT2D eigenvalue weighted by Gasteiger charge is -2.09. The Morgan fingerprint density at radius 1 is 1.23 bits per heavy atom. The van der Waals surface area contributed by atoms with Crippen molar-refractivity contribution in [3.63, 3.8) is 0 Å². The van der Waals surface area contributed by atoms with Gasteiger partial charge in [0.1, 0.15) is 0 Å². The molecule has 1 aromatic carbocycles. The number of carbonyl (C=O) groups excluding carboxylic acids is 1. The summed E-state index contributed by atoms with van der Waals surface area (Å²) >= 11 is 2.87. The average molecular weight is 386 g/mol. The minimum Gasteiger partial charge on any atom is -0.348 e. The summed E-state index contributed by atoms with van der Waals surface area (Å²) in [7, 11) is 0. The molecule has 12 heteroatoms. The predicted molar refractivity (Wildman–Crippen MR) is 70.2 cm³/mol. The number of hydrogen-bond acceptors (Lipinski definition) is 5. The van der Waals surface area contributed by atoms with E-state index in [1.165, 1.54) is 0 Å². The zero-order valence-corrected chi connectivity index (χ0v) is 12.1. The Kier molecular flexibility index (Phi) is 5.41. The largest absolute Gasteiger partial charge is 0.471 e. The molecule has 0 aromatic heterocycles. The van der Waals surface area contributed by atoms with Crippen LogP contribution in [-0.4, -0.2) is 28.5 Å². The maximum Gasteiger partial charge on any atom is 0.471 e. The van der Waals surface area contributed by atoms with Gasteiger partial charge in [-0.05, 0) is 27.9 Å². The Labute approximate surface area is 128 Å². The molecule has 0 saturated heterocycles. The molecule has 1 aromatic rings. The lowest BCUT2D eigenvalue weighted by molar-refractivity contribution is -0.394. The van der Waals surface area contributed by atoms with Crippen molar-refractivity contribution in [2.75, 3.05) is 6.54 Å². The third kappa shape index (κ3) is 4.38. The zero-order valence-electron chi connectivity index (χ0n) is 10.5. The number of benzene rings is 1. The van der Waals surface area contributed by atoms with Gasteiger partial charge in [-0.2, -0.15) is 13.2 Å². The van der Waals surface area contributed by atoms with Crippen LogP contribution in [0.2, 0.25) is 0 Å². The standard InChI is InChI=1S/C10H7BrF3N3O5/c11-8-5(1-2-15-9(18)10(12,13)14)3-6(16(19)20)4-7(8)17(21)22/h3-4H,1-2H2,(H,15,18). The quantitative estimate of drug-likeness (QED) is 0.617. The van der Waals surface area contributed by atoms with Crippen LogP contribution in [0, 0.1) is 20.2 Å². The number of nitrogens with zero attached hydrogens (tertiary/aromatic N) is 2. The van der Waals surface area contributed by atoms with E-state index in [0.29, 0.717) is 0 Å². The number of nitro groups is 2. The summed E-state index contributed by atoms with van der Waals surface area (Å²) in [6, 6.07) is 1.71.